The second-order valence-corrected chi connectivity index (χ2v) is 3.78. The van der Waals surface area contributed by atoms with E-state index in [0.29, 0.717) is 5.92 Å². The van der Waals surface area contributed by atoms with Crippen LogP contribution in [-0.2, 0) is 0 Å². The van der Waals surface area contributed by atoms with Crippen molar-refractivity contribution in [3.63, 3.8) is 0 Å². The van der Waals surface area contributed by atoms with Crippen molar-refractivity contribution in [2.75, 3.05) is 20.1 Å². The van der Waals surface area contributed by atoms with Crippen molar-refractivity contribution in [1.82, 2.24) is 14.9 Å². The van der Waals surface area contributed by atoms with Crippen LogP contribution in [0, 0.1) is 0 Å². The van der Waals surface area contributed by atoms with Crippen molar-refractivity contribution in [2.24, 2.45) is 0 Å². The van der Waals surface area contributed by atoms with Crippen LogP contribution in [0.5, 0.6) is 0 Å². The van der Waals surface area contributed by atoms with E-state index in [9.17, 15) is 4.79 Å². The molecule has 1 saturated heterocycles. The third-order valence-electron chi connectivity index (χ3n) is 2.78. The lowest BCUT2D eigenvalue weighted by Gasteiger charge is -2.27. The van der Waals surface area contributed by atoms with Gasteiger partial charge in [-0.15, -0.1) is 0 Å². The minimum atomic E-state index is -0.0890. The molecular weight excluding hydrogens is 166 g/mol. The normalized spacial score (nSPS) is 20.7. The van der Waals surface area contributed by atoms with Gasteiger partial charge in [0.1, 0.15) is 0 Å². The summed E-state index contributed by atoms with van der Waals surface area (Å²) in [5.74, 6) is 0.537. The first-order valence-electron chi connectivity index (χ1n) is 4.72. The van der Waals surface area contributed by atoms with E-state index in [1.54, 1.807) is 6.20 Å². The van der Waals surface area contributed by atoms with E-state index in [1.807, 2.05) is 0 Å². The van der Waals surface area contributed by atoms with Crippen molar-refractivity contribution in [2.45, 2.75) is 18.8 Å². The van der Waals surface area contributed by atoms with Gasteiger partial charge in [0.05, 0.1) is 0 Å². The Kier molecular flexibility index (Phi) is 2.22. The SMILES string of the molecule is CN1CCC(c2c[nH]c(=O)[nH]2)CC1. The fourth-order valence-electron chi connectivity index (χ4n) is 1.89. The quantitative estimate of drug-likeness (QED) is 0.663. The molecule has 0 bridgehead atoms. The van der Waals surface area contributed by atoms with E-state index < -0.39 is 0 Å². The van der Waals surface area contributed by atoms with Gasteiger partial charge in [0, 0.05) is 17.8 Å². The van der Waals surface area contributed by atoms with Crippen molar-refractivity contribution in [1.29, 1.82) is 0 Å². The molecule has 0 aromatic carbocycles. The van der Waals surface area contributed by atoms with Crippen molar-refractivity contribution in [3.05, 3.63) is 22.4 Å². The lowest BCUT2D eigenvalue weighted by Crippen LogP contribution is -2.29. The molecule has 0 atom stereocenters. The number of rotatable bonds is 1. The molecule has 13 heavy (non-hydrogen) atoms. The number of nitrogens with one attached hydrogen (secondary N) is 2. The van der Waals surface area contributed by atoms with Gasteiger partial charge < -0.3 is 14.9 Å². The summed E-state index contributed by atoms with van der Waals surface area (Å²) in [5.41, 5.74) is 0.979. The lowest BCUT2D eigenvalue weighted by atomic mass is 9.94. The van der Waals surface area contributed by atoms with E-state index in [-0.39, 0.29) is 5.69 Å². The predicted octanol–water partition coefficient (Wildman–Crippen LogP) is 0.512. The van der Waals surface area contributed by atoms with Crippen LogP contribution in [0.1, 0.15) is 24.5 Å². The zero-order chi connectivity index (χ0) is 9.26. The summed E-state index contributed by atoms with van der Waals surface area (Å²) in [6.45, 7) is 2.25. The third kappa shape index (κ3) is 1.83. The Balaban J connectivity index is 2.06. The standard InChI is InChI=1S/C9H15N3O/c1-12-4-2-7(3-5-12)8-6-10-9(13)11-8/h6-7H,2-5H2,1H3,(H2,10,11,13). The molecule has 0 aliphatic carbocycles. The van der Waals surface area contributed by atoms with Gasteiger partial charge >= 0.3 is 5.69 Å². The Morgan fingerprint density at radius 3 is 2.69 bits per heavy atom. The van der Waals surface area contributed by atoms with Crippen LogP contribution in [-0.4, -0.2) is 35.0 Å². The molecule has 0 unspecified atom stereocenters. The summed E-state index contributed by atoms with van der Waals surface area (Å²) >= 11 is 0. The summed E-state index contributed by atoms with van der Waals surface area (Å²) in [4.78, 5) is 18.7. The maximum absolute atomic E-state index is 10.9. The van der Waals surface area contributed by atoms with Crippen LogP contribution < -0.4 is 5.69 Å². The highest BCUT2D eigenvalue weighted by molar-refractivity contribution is 5.04. The van der Waals surface area contributed by atoms with Crippen molar-refractivity contribution < 1.29 is 0 Å². The highest BCUT2D eigenvalue weighted by Gasteiger charge is 2.19. The molecule has 0 amide bonds. The highest BCUT2D eigenvalue weighted by Crippen LogP contribution is 2.24. The fraction of sp³-hybridized carbons (Fsp3) is 0.667. The number of H-pyrrole nitrogens is 2. The number of hydrogen-bond donors (Lipinski definition) is 2. The average Bonchev–Trinajstić information content (AvgIpc) is 2.53. The number of likely N-dealkylation sites (tertiary alicyclic amines) is 1. The molecule has 2 heterocycles. The molecule has 4 heteroatoms. The van der Waals surface area contributed by atoms with E-state index in [4.69, 9.17) is 0 Å². The smallest absolute Gasteiger partial charge is 0.313 e. The van der Waals surface area contributed by atoms with Gasteiger partial charge in [0.15, 0.2) is 0 Å². The van der Waals surface area contributed by atoms with Gasteiger partial charge in [-0.05, 0) is 33.0 Å². The number of hydrogen-bond acceptors (Lipinski definition) is 2. The molecule has 1 aromatic rings. The minimum absolute atomic E-state index is 0.0890. The molecule has 4 nitrogen and oxygen atoms in total. The number of nitrogens with zero attached hydrogens (tertiary/aromatic N) is 1. The topological polar surface area (TPSA) is 51.9 Å². The van der Waals surface area contributed by atoms with Gasteiger partial charge in [-0.1, -0.05) is 0 Å². The van der Waals surface area contributed by atoms with Gasteiger partial charge in [0.25, 0.3) is 0 Å². The average molecular weight is 181 g/mol. The van der Waals surface area contributed by atoms with Crippen LogP contribution in [0.4, 0.5) is 0 Å². The highest BCUT2D eigenvalue weighted by atomic mass is 16.1. The number of piperidine rings is 1. The maximum atomic E-state index is 10.9. The summed E-state index contributed by atoms with van der Waals surface area (Å²) in [6.07, 6.45) is 4.09. The molecule has 1 aliphatic rings. The molecule has 0 radical (unpaired) electrons. The zero-order valence-corrected chi connectivity index (χ0v) is 7.84. The van der Waals surface area contributed by atoms with Crippen LogP contribution >= 0.6 is 0 Å². The second kappa shape index (κ2) is 3.38. The summed E-state index contributed by atoms with van der Waals surface area (Å²) in [7, 11) is 2.14. The molecular formula is C9H15N3O. The van der Waals surface area contributed by atoms with Crippen LogP contribution in [0.25, 0.3) is 0 Å². The maximum Gasteiger partial charge on any atom is 0.323 e. The van der Waals surface area contributed by atoms with Crippen LogP contribution in [0.15, 0.2) is 11.0 Å². The second-order valence-electron chi connectivity index (χ2n) is 3.78. The zero-order valence-electron chi connectivity index (χ0n) is 7.84. The van der Waals surface area contributed by atoms with Gasteiger partial charge in [0.2, 0.25) is 0 Å². The fourth-order valence-corrected chi connectivity index (χ4v) is 1.89. The monoisotopic (exact) mass is 181 g/mol. The summed E-state index contributed by atoms with van der Waals surface area (Å²) in [6, 6.07) is 0. The van der Waals surface area contributed by atoms with E-state index in [2.05, 4.69) is 21.9 Å². The van der Waals surface area contributed by atoms with Crippen LogP contribution in [0.2, 0.25) is 0 Å². The number of imidazole rings is 1. The van der Waals surface area contributed by atoms with Gasteiger partial charge in [-0.25, -0.2) is 4.79 Å². The predicted molar refractivity (Wildman–Crippen MR) is 50.9 cm³/mol. The van der Waals surface area contributed by atoms with Gasteiger partial charge in [-0.2, -0.15) is 0 Å². The molecule has 0 spiro atoms. The molecule has 1 aliphatic heterocycles. The first-order chi connectivity index (χ1) is 6.25. The van der Waals surface area contributed by atoms with Crippen molar-refractivity contribution >= 4 is 0 Å². The van der Waals surface area contributed by atoms with Crippen molar-refractivity contribution in [3.8, 4) is 0 Å². The molecule has 0 saturated carbocycles. The molecule has 2 rings (SSSR count). The Morgan fingerprint density at radius 1 is 1.46 bits per heavy atom. The first kappa shape index (κ1) is 8.56. The lowest BCUT2D eigenvalue weighted by molar-refractivity contribution is 0.253. The molecule has 72 valence electrons. The Labute approximate surface area is 77.0 Å². The van der Waals surface area contributed by atoms with E-state index >= 15 is 0 Å². The Morgan fingerprint density at radius 2 is 2.15 bits per heavy atom. The third-order valence-corrected chi connectivity index (χ3v) is 2.78. The largest absolute Gasteiger partial charge is 0.323 e. The molecule has 1 aromatic heterocycles. The van der Waals surface area contributed by atoms with E-state index in [0.717, 1.165) is 31.6 Å². The Hall–Kier alpha value is -1.03. The van der Waals surface area contributed by atoms with E-state index in [1.165, 1.54) is 0 Å². The number of aromatic amines is 2. The summed E-state index contributed by atoms with van der Waals surface area (Å²) < 4.78 is 0. The minimum Gasteiger partial charge on any atom is -0.313 e. The first-order valence-corrected chi connectivity index (χ1v) is 4.72. The molecule has 1 fully saturated rings. The number of aromatic nitrogens is 2. The van der Waals surface area contributed by atoms with Crippen LogP contribution in [0.3, 0.4) is 0 Å². The summed E-state index contributed by atoms with van der Waals surface area (Å²) in [5, 5.41) is 0. The molecule has 2 N–H and O–H groups in total. The van der Waals surface area contributed by atoms with Gasteiger partial charge in [-0.3, -0.25) is 0 Å². The Bertz CT molecular complexity index is 320.